The molecule has 0 radical (unpaired) electrons. The van der Waals surface area contributed by atoms with Crippen LogP contribution in [0, 0.1) is 0 Å². The molecule has 5 heteroatoms. The fourth-order valence-electron chi connectivity index (χ4n) is 4.13. The Morgan fingerprint density at radius 1 is 0.935 bits per heavy atom. The van der Waals surface area contributed by atoms with E-state index in [1.54, 1.807) is 12.0 Å². The van der Waals surface area contributed by atoms with Crippen molar-refractivity contribution in [3.63, 3.8) is 0 Å². The maximum atomic E-state index is 13.0. The third-order valence-corrected chi connectivity index (χ3v) is 5.71. The number of rotatable bonds is 8. The normalized spacial score (nSPS) is 12.2. The Morgan fingerprint density at radius 3 is 2.13 bits per heavy atom. The first-order valence-corrected chi connectivity index (χ1v) is 10.5. The molecule has 0 bridgehead atoms. The van der Waals surface area contributed by atoms with Gasteiger partial charge >= 0.3 is 6.09 Å². The van der Waals surface area contributed by atoms with Crippen molar-refractivity contribution in [2.45, 2.75) is 18.9 Å². The fourth-order valence-corrected chi connectivity index (χ4v) is 4.13. The summed E-state index contributed by atoms with van der Waals surface area (Å²) in [5.41, 5.74) is 5.76. The Labute approximate surface area is 182 Å². The second-order valence-electron chi connectivity index (χ2n) is 7.65. The Balaban J connectivity index is 1.47. The van der Waals surface area contributed by atoms with Gasteiger partial charge in [0, 0.05) is 25.6 Å². The zero-order valence-corrected chi connectivity index (χ0v) is 17.7. The van der Waals surface area contributed by atoms with E-state index in [1.807, 2.05) is 48.5 Å². The van der Waals surface area contributed by atoms with Crippen molar-refractivity contribution in [1.82, 2.24) is 4.90 Å². The summed E-state index contributed by atoms with van der Waals surface area (Å²) in [6.45, 7) is 1.15. The predicted molar refractivity (Wildman–Crippen MR) is 120 cm³/mol. The summed E-state index contributed by atoms with van der Waals surface area (Å²) in [5, 5.41) is 9.26. The Kier molecular flexibility index (Phi) is 6.53. The molecule has 3 aromatic rings. The van der Waals surface area contributed by atoms with Crippen LogP contribution in [0.1, 0.15) is 29.0 Å². The SMILES string of the molecule is COc1ccc(CN(CCCO)C(=O)OCC2c3ccccc3-c3ccccc32)cc1. The van der Waals surface area contributed by atoms with Gasteiger partial charge in [0.1, 0.15) is 12.4 Å². The quantitative estimate of drug-likeness (QED) is 0.570. The van der Waals surface area contributed by atoms with Gasteiger partial charge in [0.05, 0.1) is 7.11 Å². The van der Waals surface area contributed by atoms with Gasteiger partial charge in [0.25, 0.3) is 0 Å². The van der Waals surface area contributed by atoms with E-state index in [1.165, 1.54) is 22.3 Å². The van der Waals surface area contributed by atoms with Crippen molar-refractivity contribution < 1.29 is 19.4 Å². The summed E-state index contributed by atoms with van der Waals surface area (Å²) in [6.07, 6.45) is 0.131. The second-order valence-corrected chi connectivity index (χ2v) is 7.65. The number of benzene rings is 3. The molecule has 0 fully saturated rings. The van der Waals surface area contributed by atoms with Crippen molar-refractivity contribution >= 4 is 6.09 Å². The third-order valence-electron chi connectivity index (χ3n) is 5.71. The molecule has 0 saturated carbocycles. The maximum Gasteiger partial charge on any atom is 0.410 e. The maximum absolute atomic E-state index is 13.0. The molecule has 0 spiro atoms. The number of aliphatic hydroxyl groups excluding tert-OH is 1. The van der Waals surface area contributed by atoms with E-state index >= 15 is 0 Å². The number of nitrogens with zero attached hydrogens (tertiary/aromatic N) is 1. The molecule has 3 aromatic carbocycles. The van der Waals surface area contributed by atoms with Crippen LogP contribution in [0.15, 0.2) is 72.8 Å². The summed E-state index contributed by atoms with van der Waals surface area (Å²) >= 11 is 0. The minimum absolute atomic E-state index is 0.0236. The number of aliphatic hydroxyl groups is 1. The van der Waals surface area contributed by atoms with Gasteiger partial charge in [-0.1, -0.05) is 60.7 Å². The van der Waals surface area contributed by atoms with Crippen LogP contribution >= 0.6 is 0 Å². The lowest BCUT2D eigenvalue weighted by molar-refractivity contribution is 0.0944. The van der Waals surface area contributed by atoms with Crippen LogP contribution in [-0.4, -0.2) is 43.0 Å². The van der Waals surface area contributed by atoms with Crippen LogP contribution in [0.4, 0.5) is 4.79 Å². The average molecular weight is 418 g/mol. The number of hydrogen-bond acceptors (Lipinski definition) is 4. The first-order valence-electron chi connectivity index (χ1n) is 10.5. The summed E-state index contributed by atoms with van der Waals surface area (Å²) < 4.78 is 11.0. The molecule has 1 aliphatic rings. The molecular formula is C26H27NO4. The summed E-state index contributed by atoms with van der Waals surface area (Å²) in [7, 11) is 1.62. The van der Waals surface area contributed by atoms with E-state index in [0.717, 1.165) is 11.3 Å². The second kappa shape index (κ2) is 9.67. The fraction of sp³-hybridized carbons (Fsp3) is 0.269. The molecular weight excluding hydrogens is 390 g/mol. The van der Waals surface area contributed by atoms with E-state index in [-0.39, 0.29) is 25.2 Å². The average Bonchev–Trinajstić information content (AvgIpc) is 3.14. The number of ether oxygens (including phenoxy) is 2. The van der Waals surface area contributed by atoms with Crippen LogP contribution in [0.3, 0.4) is 0 Å². The minimum Gasteiger partial charge on any atom is -0.497 e. The largest absolute Gasteiger partial charge is 0.497 e. The van der Waals surface area contributed by atoms with Gasteiger partial charge in [-0.25, -0.2) is 4.79 Å². The van der Waals surface area contributed by atoms with Crippen molar-refractivity contribution in [3.05, 3.63) is 89.5 Å². The number of carbonyl (C=O) groups is 1. The molecule has 160 valence electrons. The number of methoxy groups -OCH3 is 1. The number of hydrogen-bond donors (Lipinski definition) is 1. The van der Waals surface area contributed by atoms with E-state index in [0.29, 0.717) is 19.5 Å². The van der Waals surface area contributed by atoms with Gasteiger partial charge in [0.2, 0.25) is 0 Å². The number of carbonyl (C=O) groups excluding carboxylic acids is 1. The third kappa shape index (κ3) is 4.57. The first kappa shape index (κ1) is 20.9. The lowest BCUT2D eigenvalue weighted by atomic mass is 9.98. The van der Waals surface area contributed by atoms with E-state index in [9.17, 15) is 9.90 Å². The van der Waals surface area contributed by atoms with Crippen LogP contribution in [0.5, 0.6) is 5.75 Å². The van der Waals surface area contributed by atoms with Crippen LogP contribution in [-0.2, 0) is 11.3 Å². The topological polar surface area (TPSA) is 59.0 Å². The zero-order valence-electron chi connectivity index (χ0n) is 17.7. The van der Waals surface area contributed by atoms with E-state index in [4.69, 9.17) is 9.47 Å². The van der Waals surface area contributed by atoms with Gasteiger partial charge in [-0.05, 0) is 46.4 Å². The summed E-state index contributed by atoms with van der Waals surface area (Å²) in [4.78, 5) is 14.6. The van der Waals surface area contributed by atoms with Gasteiger partial charge in [-0.3, -0.25) is 0 Å². The highest BCUT2D eigenvalue weighted by Crippen LogP contribution is 2.44. The van der Waals surface area contributed by atoms with Crippen LogP contribution in [0.25, 0.3) is 11.1 Å². The highest BCUT2D eigenvalue weighted by molar-refractivity contribution is 5.79. The molecule has 1 aliphatic carbocycles. The molecule has 0 heterocycles. The highest BCUT2D eigenvalue weighted by atomic mass is 16.6. The number of fused-ring (bicyclic) bond motifs is 3. The molecule has 0 aliphatic heterocycles. The monoisotopic (exact) mass is 417 g/mol. The molecule has 4 rings (SSSR count). The van der Waals surface area contributed by atoms with Crippen LogP contribution in [0.2, 0.25) is 0 Å². The molecule has 1 N–H and O–H groups in total. The van der Waals surface area contributed by atoms with Crippen molar-refractivity contribution in [1.29, 1.82) is 0 Å². The van der Waals surface area contributed by atoms with Gasteiger partial charge < -0.3 is 19.5 Å². The van der Waals surface area contributed by atoms with Crippen molar-refractivity contribution in [3.8, 4) is 16.9 Å². The standard InChI is InChI=1S/C26H27NO4/c1-30-20-13-11-19(12-14-20)17-27(15-6-16-28)26(29)31-18-25-23-9-4-2-7-21(23)22-8-3-5-10-24(22)25/h2-5,7-14,25,28H,6,15-18H2,1H3. The Bertz CT molecular complexity index is 986. The van der Waals surface area contributed by atoms with Crippen molar-refractivity contribution in [2.75, 3.05) is 26.9 Å². The minimum atomic E-state index is -0.369. The molecule has 31 heavy (non-hydrogen) atoms. The first-order chi connectivity index (χ1) is 15.2. The molecule has 0 unspecified atom stereocenters. The smallest absolute Gasteiger partial charge is 0.410 e. The van der Waals surface area contributed by atoms with E-state index < -0.39 is 0 Å². The van der Waals surface area contributed by atoms with Gasteiger partial charge in [-0.15, -0.1) is 0 Å². The van der Waals surface area contributed by atoms with Crippen molar-refractivity contribution in [2.24, 2.45) is 0 Å². The Morgan fingerprint density at radius 2 is 1.55 bits per heavy atom. The Hall–Kier alpha value is -3.31. The summed E-state index contributed by atoms with van der Waals surface area (Å²) in [6, 6.07) is 24.2. The number of amides is 1. The van der Waals surface area contributed by atoms with Crippen LogP contribution < -0.4 is 4.74 Å². The lowest BCUT2D eigenvalue weighted by Gasteiger charge is -2.23. The molecule has 5 nitrogen and oxygen atoms in total. The predicted octanol–water partition coefficient (Wildman–Crippen LogP) is 4.83. The highest BCUT2D eigenvalue weighted by Gasteiger charge is 2.29. The van der Waals surface area contributed by atoms with E-state index in [2.05, 4.69) is 24.3 Å². The molecule has 0 aromatic heterocycles. The summed E-state index contributed by atoms with van der Waals surface area (Å²) in [5.74, 6) is 0.795. The van der Waals surface area contributed by atoms with Gasteiger partial charge in [0.15, 0.2) is 0 Å². The lowest BCUT2D eigenvalue weighted by Crippen LogP contribution is -2.33. The molecule has 1 amide bonds. The molecule has 0 atom stereocenters. The zero-order chi connectivity index (χ0) is 21.6. The molecule has 0 saturated heterocycles. The van der Waals surface area contributed by atoms with Gasteiger partial charge in [-0.2, -0.15) is 0 Å².